The van der Waals surface area contributed by atoms with Crippen molar-refractivity contribution in [2.45, 2.75) is 0 Å². The molecule has 0 saturated heterocycles. The first-order valence-corrected chi connectivity index (χ1v) is 8.82. The zero-order valence-corrected chi connectivity index (χ0v) is 15.5. The van der Waals surface area contributed by atoms with Crippen LogP contribution >= 0.6 is 39.7 Å². The molecule has 0 aliphatic carbocycles. The summed E-state index contributed by atoms with van der Waals surface area (Å²) >= 11 is 14.9. The van der Waals surface area contributed by atoms with Gasteiger partial charge in [-0.25, -0.2) is 4.98 Å². The topological polar surface area (TPSA) is 33.1 Å². The van der Waals surface area contributed by atoms with Gasteiger partial charge in [-0.05, 0) is 42.0 Å². The van der Waals surface area contributed by atoms with E-state index in [1.807, 2.05) is 47.0 Å². The van der Waals surface area contributed by atoms with E-state index in [1.54, 1.807) is 6.20 Å². The van der Waals surface area contributed by atoms with E-state index in [0.717, 1.165) is 32.5 Å². The lowest BCUT2D eigenvalue weighted by Crippen LogP contribution is -1.92. The van der Waals surface area contributed by atoms with E-state index in [1.165, 1.54) is 0 Å². The smallest absolute Gasteiger partial charge is 0.205 e. The minimum absolute atomic E-state index is 0.514. The van der Waals surface area contributed by atoms with E-state index >= 15 is 0 Å². The van der Waals surface area contributed by atoms with E-state index in [4.69, 9.17) is 23.8 Å². The van der Waals surface area contributed by atoms with Crippen molar-refractivity contribution >= 4 is 45.4 Å². The third kappa shape index (κ3) is 2.79. The molecule has 118 valence electrons. The summed E-state index contributed by atoms with van der Waals surface area (Å²) < 4.78 is 3.44. The molecular formula is C18H11BrClN3S. The summed E-state index contributed by atoms with van der Waals surface area (Å²) in [6.07, 6.45) is 3.77. The van der Waals surface area contributed by atoms with E-state index in [-0.39, 0.29) is 0 Å². The Bertz CT molecular complexity index is 1100. The highest BCUT2D eigenvalue weighted by Gasteiger charge is 2.10. The van der Waals surface area contributed by atoms with Crippen LogP contribution in [0.5, 0.6) is 0 Å². The standard InChI is InChI=1S/C18H11BrClN3S/c19-13-3-1-2-12(8-13)16-10-23-17(22-16)15(9-21-18(23)24)11-4-6-14(20)7-5-11/h1-10,22H. The predicted molar refractivity (Wildman–Crippen MR) is 104 cm³/mol. The molecule has 0 atom stereocenters. The van der Waals surface area contributed by atoms with Crippen molar-refractivity contribution in [2.75, 3.05) is 0 Å². The Morgan fingerprint density at radius 2 is 1.88 bits per heavy atom. The normalized spacial score (nSPS) is 11.1. The highest BCUT2D eigenvalue weighted by Crippen LogP contribution is 2.28. The van der Waals surface area contributed by atoms with E-state index in [2.05, 4.69) is 38.0 Å². The maximum atomic E-state index is 5.99. The summed E-state index contributed by atoms with van der Waals surface area (Å²) in [5.41, 5.74) is 4.96. The Morgan fingerprint density at radius 1 is 1.08 bits per heavy atom. The van der Waals surface area contributed by atoms with E-state index in [0.29, 0.717) is 9.79 Å². The quantitative estimate of drug-likeness (QED) is 0.398. The number of aromatic nitrogens is 3. The van der Waals surface area contributed by atoms with Crippen molar-refractivity contribution in [2.24, 2.45) is 0 Å². The Labute approximate surface area is 157 Å². The van der Waals surface area contributed by atoms with Crippen LogP contribution in [-0.2, 0) is 0 Å². The molecule has 2 aromatic carbocycles. The average molecular weight is 417 g/mol. The molecule has 0 spiro atoms. The summed E-state index contributed by atoms with van der Waals surface area (Å²) in [5.74, 6) is 0. The number of imidazole rings is 1. The lowest BCUT2D eigenvalue weighted by molar-refractivity contribution is 1.06. The molecule has 3 nitrogen and oxygen atoms in total. The Hall–Kier alpha value is -1.95. The van der Waals surface area contributed by atoms with Crippen molar-refractivity contribution in [1.82, 2.24) is 14.4 Å². The number of nitrogens with one attached hydrogen (secondary N) is 1. The molecular weight excluding hydrogens is 406 g/mol. The van der Waals surface area contributed by atoms with Crippen LogP contribution in [0, 0.1) is 4.77 Å². The van der Waals surface area contributed by atoms with Gasteiger partial charge in [0.05, 0.1) is 5.69 Å². The van der Waals surface area contributed by atoms with Gasteiger partial charge < -0.3 is 4.98 Å². The number of halogens is 2. The number of benzene rings is 2. The molecule has 0 radical (unpaired) electrons. The molecule has 0 bridgehead atoms. The van der Waals surface area contributed by atoms with Gasteiger partial charge in [0.15, 0.2) is 0 Å². The van der Waals surface area contributed by atoms with Gasteiger partial charge in [-0.2, -0.15) is 0 Å². The van der Waals surface area contributed by atoms with Crippen molar-refractivity contribution in [3.8, 4) is 22.4 Å². The largest absolute Gasteiger partial charge is 0.339 e. The fourth-order valence-corrected chi connectivity index (χ4v) is 3.37. The lowest BCUT2D eigenvalue weighted by Gasteiger charge is -2.04. The highest BCUT2D eigenvalue weighted by atomic mass is 79.9. The van der Waals surface area contributed by atoms with Crippen molar-refractivity contribution in [3.63, 3.8) is 0 Å². The van der Waals surface area contributed by atoms with Crippen LogP contribution in [0.3, 0.4) is 0 Å². The fraction of sp³-hybridized carbons (Fsp3) is 0. The van der Waals surface area contributed by atoms with Crippen LogP contribution in [0.25, 0.3) is 28.0 Å². The molecule has 0 unspecified atom stereocenters. The number of aromatic amines is 1. The summed E-state index contributed by atoms with van der Waals surface area (Å²) in [6, 6.07) is 15.8. The van der Waals surface area contributed by atoms with Gasteiger partial charge >= 0.3 is 0 Å². The van der Waals surface area contributed by atoms with Crippen LogP contribution in [0.15, 0.2) is 65.4 Å². The second-order valence-electron chi connectivity index (χ2n) is 5.36. The van der Waals surface area contributed by atoms with Crippen LogP contribution in [0.4, 0.5) is 0 Å². The van der Waals surface area contributed by atoms with Crippen LogP contribution in [0.2, 0.25) is 5.02 Å². The Morgan fingerprint density at radius 3 is 2.62 bits per heavy atom. The first-order chi connectivity index (χ1) is 11.6. The molecule has 0 saturated carbocycles. The molecule has 4 aromatic rings. The van der Waals surface area contributed by atoms with E-state index in [9.17, 15) is 0 Å². The van der Waals surface area contributed by atoms with Gasteiger partial charge in [-0.3, -0.25) is 4.40 Å². The maximum absolute atomic E-state index is 5.99. The molecule has 2 aromatic heterocycles. The van der Waals surface area contributed by atoms with Gasteiger partial charge in [0, 0.05) is 33.0 Å². The Balaban J connectivity index is 1.95. The minimum Gasteiger partial charge on any atom is -0.339 e. The van der Waals surface area contributed by atoms with Gasteiger partial charge in [0.2, 0.25) is 4.77 Å². The molecule has 0 amide bonds. The maximum Gasteiger partial charge on any atom is 0.205 e. The first-order valence-electron chi connectivity index (χ1n) is 7.24. The summed E-state index contributed by atoms with van der Waals surface area (Å²) in [6.45, 7) is 0. The van der Waals surface area contributed by atoms with Gasteiger partial charge in [0.25, 0.3) is 0 Å². The highest BCUT2D eigenvalue weighted by molar-refractivity contribution is 9.10. The second-order valence-corrected chi connectivity index (χ2v) is 7.08. The number of hydrogen-bond acceptors (Lipinski definition) is 2. The zero-order valence-electron chi connectivity index (χ0n) is 12.3. The van der Waals surface area contributed by atoms with Gasteiger partial charge in [-0.15, -0.1) is 0 Å². The molecule has 0 aliphatic heterocycles. The number of hydrogen-bond donors (Lipinski definition) is 1. The average Bonchev–Trinajstić information content (AvgIpc) is 3.03. The van der Waals surface area contributed by atoms with Crippen molar-refractivity contribution < 1.29 is 0 Å². The van der Waals surface area contributed by atoms with Crippen molar-refractivity contribution in [3.05, 3.63) is 75.2 Å². The summed E-state index contributed by atoms with van der Waals surface area (Å²) in [5, 5.41) is 0.705. The number of H-pyrrole nitrogens is 1. The third-order valence-electron chi connectivity index (χ3n) is 3.81. The van der Waals surface area contributed by atoms with Crippen LogP contribution in [-0.4, -0.2) is 14.4 Å². The number of nitrogens with zero attached hydrogens (tertiary/aromatic N) is 2. The predicted octanol–water partition coefficient (Wildman–Crippen LogP) is 6.14. The van der Waals surface area contributed by atoms with Gasteiger partial charge in [-0.1, -0.05) is 51.8 Å². The monoisotopic (exact) mass is 415 g/mol. The first kappa shape index (κ1) is 15.6. The second kappa shape index (κ2) is 6.16. The Kier molecular flexibility index (Phi) is 4.00. The minimum atomic E-state index is 0.514. The SMILES string of the molecule is S=c1ncc(-c2ccc(Cl)cc2)c2[nH]c(-c3cccc(Br)c3)cn12. The van der Waals surface area contributed by atoms with E-state index < -0.39 is 0 Å². The molecule has 6 heteroatoms. The van der Waals surface area contributed by atoms with Crippen LogP contribution < -0.4 is 0 Å². The molecule has 0 aliphatic rings. The fourth-order valence-electron chi connectivity index (χ4n) is 2.65. The third-order valence-corrected chi connectivity index (χ3v) is 4.86. The van der Waals surface area contributed by atoms with Gasteiger partial charge in [0.1, 0.15) is 5.65 Å². The number of fused-ring (bicyclic) bond motifs is 1. The molecule has 4 rings (SSSR count). The summed E-state index contributed by atoms with van der Waals surface area (Å²) in [4.78, 5) is 7.81. The van der Waals surface area contributed by atoms with Crippen molar-refractivity contribution in [1.29, 1.82) is 0 Å². The molecule has 2 heterocycles. The van der Waals surface area contributed by atoms with Crippen LogP contribution in [0.1, 0.15) is 0 Å². The summed E-state index contributed by atoms with van der Waals surface area (Å²) in [7, 11) is 0. The molecule has 1 N–H and O–H groups in total. The molecule has 24 heavy (non-hydrogen) atoms. The lowest BCUT2D eigenvalue weighted by atomic mass is 10.1. The number of rotatable bonds is 2. The molecule has 0 fully saturated rings. The zero-order chi connectivity index (χ0) is 16.7.